The molecule has 0 unspecified atom stereocenters. The molecule has 1 aliphatic heterocycles. The van der Waals surface area contributed by atoms with Crippen molar-refractivity contribution in [2.24, 2.45) is 10.9 Å². The highest BCUT2D eigenvalue weighted by atomic mass is 35.5. The normalized spacial score (nSPS) is 13.7. The van der Waals surface area contributed by atoms with Crippen LogP contribution in [0.4, 0.5) is 5.00 Å². The predicted octanol–water partition coefficient (Wildman–Crippen LogP) is 5.98. The first kappa shape index (κ1) is 19.9. The topological polar surface area (TPSA) is 41.5 Å². The Hall–Kier alpha value is -2.43. The zero-order valence-corrected chi connectivity index (χ0v) is 18.1. The van der Waals surface area contributed by atoms with Gasteiger partial charge in [0.15, 0.2) is 0 Å². The number of hydrogen-bond donors (Lipinski definition) is 1. The second-order valence-corrected chi connectivity index (χ2v) is 9.28. The van der Waals surface area contributed by atoms with Crippen molar-refractivity contribution in [1.82, 2.24) is 0 Å². The Morgan fingerprint density at radius 1 is 1.07 bits per heavy atom. The molecule has 0 aliphatic carbocycles. The van der Waals surface area contributed by atoms with Crippen molar-refractivity contribution in [3.05, 3.63) is 86.8 Å². The van der Waals surface area contributed by atoms with Gasteiger partial charge >= 0.3 is 0 Å². The molecule has 0 atom stereocenters. The number of thiophene rings is 1. The van der Waals surface area contributed by atoms with Crippen molar-refractivity contribution in [1.29, 1.82) is 0 Å². The first-order valence-corrected chi connectivity index (χ1v) is 11.0. The van der Waals surface area contributed by atoms with Gasteiger partial charge in [-0.2, -0.15) is 0 Å². The minimum atomic E-state index is -0.0975. The molecule has 0 bridgehead atoms. The lowest BCUT2D eigenvalue weighted by Crippen LogP contribution is -2.12. The molecule has 0 saturated heterocycles. The Morgan fingerprint density at radius 3 is 2.52 bits per heavy atom. The van der Waals surface area contributed by atoms with Crippen LogP contribution in [0.1, 0.15) is 41.0 Å². The molecule has 1 aliphatic rings. The largest absolute Gasteiger partial charge is 0.316 e. The molecule has 4 rings (SSSR count). The Bertz CT molecular complexity index is 1070. The maximum Gasteiger partial charge on any atom is 0.246 e. The molecule has 0 saturated carbocycles. The maximum atomic E-state index is 12.2. The Morgan fingerprint density at radius 2 is 1.79 bits per heavy atom. The van der Waals surface area contributed by atoms with E-state index in [0.29, 0.717) is 10.9 Å². The SMILES string of the molecule is CC(C)Cc1ccc(Cc2cc3c(s2)NC(=O)CN=C3c2ccccc2Cl)cc1. The summed E-state index contributed by atoms with van der Waals surface area (Å²) in [5, 5.41) is 4.48. The lowest BCUT2D eigenvalue weighted by molar-refractivity contribution is -0.114. The number of hydrogen-bond acceptors (Lipinski definition) is 3. The molecule has 0 spiro atoms. The summed E-state index contributed by atoms with van der Waals surface area (Å²) in [6, 6.07) is 18.6. The van der Waals surface area contributed by atoms with E-state index in [2.05, 4.69) is 54.5 Å². The van der Waals surface area contributed by atoms with Crippen LogP contribution in [0.2, 0.25) is 5.02 Å². The molecule has 1 N–H and O–H groups in total. The van der Waals surface area contributed by atoms with Crippen molar-refractivity contribution < 1.29 is 4.79 Å². The van der Waals surface area contributed by atoms with Gasteiger partial charge in [0, 0.05) is 27.4 Å². The number of benzene rings is 2. The van der Waals surface area contributed by atoms with Gasteiger partial charge in [-0.25, -0.2) is 0 Å². The van der Waals surface area contributed by atoms with Gasteiger partial charge in [-0.05, 0) is 35.6 Å². The lowest BCUT2D eigenvalue weighted by Gasteiger charge is -2.07. The van der Waals surface area contributed by atoms with E-state index in [1.807, 2.05) is 24.3 Å². The van der Waals surface area contributed by atoms with Crippen LogP contribution in [0, 0.1) is 5.92 Å². The number of nitrogens with one attached hydrogen (secondary N) is 1. The van der Waals surface area contributed by atoms with Crippen LogP contribution in [0.3, 0.4) is 0 Å². The number of rotatable bonds is 5. The van der Waals surface area contributed by atoms with Crippen molar-refractivity contribution >= 4 is 39.6 Å². The first-order valence-electron chi connectivity index (χ1n) is 9.79. The molecular weight excluding hydrogens is 400 g/mol. The summed E-state index contributed by atoms with van der Waals surface area (Å²) in [5.74, 6) is 0.555. The smallest absolute Gasteiger partial charge is 0.246 e. The van der Waals surface area contributed by atoms with E-state index in [-0.39, 0.29) is 12.5 Å². The van der Waals surface area contributed by atoms with E-state index >= 15 is 0 Å². The van der Waals surface area contributed by atoms with Crippen LogP contribution in [-0.4, -0.2) is 18.2 Å². The molecular formula is C24H23ClN2OS. The molecule has 29 heavy (non-hydrogen) atoms. The van der Waals surface area contributed by atoms with E-state index in [1.54, 1.807) is 11.3 Å². The highest BCUT2D eigenvalue weighted by Gasteiger charge is 2.22. The second-order valence-electron chi connectivity index (χ2n) is 7.74. The molecule has 1 aromatic heterocycles. The average molecular weight is 423 g/mol. The minimum Gasteiger partial charge on any atom is -0.316 e. The van der Waals surface area contributed by atoms with Crippen molar-refractivity contribution in [3.8, 4) is 0 Å². The molecule has 2 heterocycles. The summed E-state index contributed by atoms with van der Waals surface area (Å²) >= 11 is 8.03. The Labute approximate surface area is 180 Å². The van der Waals surface area contributed by atoms with Gasteiger partial charge in [-0.1, -0.05) is 67.9 Å². The van der Waals surface area contributed by atoms with Gasteiger partial charge in [0.25, 0.3) is 0 Å². The predicted molar refractivity (Wildman–Crippen MR) is 123 cm³/mol. The monoisotopic (exact) mass is 422 g/mol. The Kier molecular flexibility index (Phi) is 5.84. The quantitative estimate of drug-likeness (QED) is 0.539. The van der Waals surface area contributed by atoms with Crippen LogP contribution in [0.5, 0.6) is 0 Å². The summed E-state index contributed by atoms with van der Waals surface area (Å²) in [4.78, 5) is 17.9. The minimum absolute atomic E-state index is 0.0975. The van der Waals surface area contributed by atoms with Crippen molar-refractivity contribution in [2.75, 3.05) is 11.9 Å². The number of nitrogens with zero attached hydrogens (tertiary/aromatic N) is 1. The van der Waals surface area contributed by atoms with Gasteiger partial charge in [-0.3, -0.25) is 9.79 Å². The number of anilines is 1. The summed E-state index contributed by atoms with van der Waals surface area (Å²) in [6.07, 6.45) is 1.92. The average Bonchev–Trinajstić information content (AvgIpc) is 2.99. The van der Waals surface area contributed by atoms with Crippen molar-refractivity contribution in [2.45, 2.75) is 26.7 Å². The van der Waals surface area contributed by atoms with Gasteiger partial charge in [0.2, 0.25) is 5.91 Å². The summed E-state index contributed by atoms with van der Waals surface area (Å²) < 4.78 is 0. The number of carbonyl (C=O) groups is 1. The third-order valence-corrected chi connectivity index (χ3v) is 6.23. The molecule has 3 nitrogen and oxygen atoms in total. The number of halogens is 1. The van der Waals surface area contributed by atoms with E-state index in [9.17, 15) is 4.79 Å². The van der Waals surface area contributed by atoms with E-state index in [4.69, 9.17) is 11.6 Å². The maximum absolute atomic E-state index is 12.2. The van der Waals surface area contributed by atoms with E-state index in [1.165, 1.54) is 16.0 Å². The number of carbonyl (C=O) groups excluding carboxylic acids is 1. The fraction of sp³-hybridized carbons (Fsp3) is 0.250. The Balaban J connectivity index is 1.64. The fourth-order valence-electron chi connectivity index (χ4n) is 3.55. The molecule has 5 heteroatoms. The molecule has 0 fully saturated rings. The molecule has 3 aromatic rings. The summed E-state index contributed by atoms with van der Waals surface area (Å²) in [6.45, 7) is 4.58. The van der Waals surface area contributed by atoms with Gasteiger partial charge in [0.1, 0.15) is 11.5 Å². The zero-order valence-electron chi connectivity index (χ0n) is 16.5. The van der Waals surface area contributed by atoms with E-state index in [0.717, 1.165) is 34.7 Å². The second kappa shape index (κ2) is 8.52. The van der Waals surface area contributed by atoms with E-state index < -0.39 is 0 Å². The molecule has 1 amide bonds. The first-order chi connectivity index (χ1) is 14.0. The number of amides is 1. The highest BCUT2D eigenvalue weighted by Crippen LogP contribution is 2.34. The van der Waals surface area contributed by atoms with Crippen LogP contribution in [0.15, 0.2) is 59.6 Å². The van der Waals surface area contributed by atoms with Gasteiger partial charge in [0.05, 0.1) is 5.71 Å². The zero-order chi connectivity index (χ0) is 20.4. The van der Waals surface area contributed by atoms with Gasteiger partial charge < -0.3 is 5.32 Å². The third-order valence-electron chi connectivity index (χ3n) is 4.85. The standard InChI is InChI=1S/C24H23ClN2OS/c1-15(2)11-16-7-9-17(10-8-16)12-18-13-20-23(19-5-3-4-6-21(19)25)26-14-22(28)27-24(20)29-18/h3-10,13,15H,11-12,14H2,1-2H3,(H,27,28). The summed E-state index contributed by atoms with van der Waals surface area (Å²) in [7, 11) is 0. The highest BCUT2D eigenvalue weighted by molar-refractivity contribution is 7.16. The van der Waals surface area contributed by atoms with Crippen LogP contribution in [0.25, 0.3) is 0 Å². The van der Waals surface area contributed by atoms with Gasteiger partial charge in [-0.15, -0.1) is 11.3 Å². The molecule has 148 valence electrons. The fourth-order valence-corrected chi connectivity index (χ4v) is 4.88. The van der Waals surface area contributed by atoms with Crippen LogP contribution in [-0.2, 0) is 17.6 Å². The molecule has 0 radical (unpaired) electrons. The lowest BCUT2D eigenvalue weighted by atomic mass is 10.00. The number of aliphatic imine (C=N–C) groups is 1. The third kappa shape index (κ3) is 4.60. The molecule has 2 aromatic carbocycles. The van der Waals surface area contributed by atoms with Crippen molar-refractivity contribution in [3.63, 3.8) is 0 Å². The summed E-state index contributed by atoms with van der Waals surface area (Å²) in [5.41, 5.74) is 5.20. The number of fused-ring (bicyclic) bond motifs is 1. The van der Waals surface area contributed by atoms with Crippen LogP contribution >= 0.6 is 22.9 Å². The van der Waals surface area contributed by atoms with Crippen LogP contribution < -0.4 is 5.32 Å².